The van der Waals surface area contributed by atoms with Crippen molar-refractivity contribution >= 4 is 5.97 Å². The molecular formula is C18H27NO2. The van der Waals surface area contributed by atoms with Crippen molar-refractivity contribution in [2.45, 2.75) is 58.1 Å². The Balaban J connectivity index is 2.06. The van der Waals surface area contributed by atoms with E-state index in [1.54, 1.807) is 0 Å². The zero-order chi connectivity index (χ0) is 15.1. The Bertz CT molecular complexity index is 426. The summed E-state index contributed by atoms with van der Waals surface area (Å²) < 4.78 is 5.48. The fourth-order valence-electron chi connectivity index (χ4n) is 2.88. The molecule has 0 unspecified atom stereocenters. The van der Waals surface area contributed by atoms with E-state index in [4.69, 9.17) is 4.74 Å². The first-order valence-electron chi connectivity index (χ1n) is 8.19. The van der Waals surface area contributed by atoms with E-state index in [1.165, 1.54) is 24.8 Å². The number of ether oxygens (including phenoxy) is 1. The van der Waals surface area contributed by atoms with E-state index in [-0.39, 0.29) is 18.1 Å². The highest BCUT2D eigenvalue weighted by molar-refractivity contribution is 5.70. The van der Waals surface area contributed by atoms with Crippen molar-refractivity contribution in [3.63, 3.8) is 0 Å². The Morgan fingerprint density at radius 3 is 2.48 bits per heavy atom. The molecule has 0 bridgehead atoms. The molecule has 1 fully saturated rings. The van der Waals surface area contributed by atoms with Crippen LogP contribution in [-0.2, 0) is 9.53 Å². The molecule has 21 heavy (non-hydrogen) atoms. The summed E-state index contributed by atoms with van der Waals surface area (Å²) in [6.07, 6.45) is 5.08. The van der Waals surface area contributed by atoms with Gasteiger partial charge in [0.25, 0.3) is 0 Å². The van der Waals surface area contributed by atoms with E-state index in [9.17, 15) is 4.79 Å². The normalized spacial score (nSPS) is 19.0. The van der Waals surface area contributed by atoms with Crippen molar-refractivity contribution in [1.29, 1.82) is 0 Å². The number of carbonyl (C=O) groups is 1. The minimum absolute atomic E-state index is 0.00952. The van der Waals surface area contributed by atoms with E-state index >= 15 is 0 Å². The zero-order valence-electron chi connectivity index (χ0n) is 13.3. The Kier molecular flexibility index (Phi) is 6.24. The SMILES string of the molecule is CC[C@H](C)OC(=O)C[C@@H](c1ccccc1)N1CCCCC1. The first-order chi connectivity index (χ1) is 10.2. The van der Waals surface area contributed by atoms with Crippen LogP contribution in [0.1, 0.15) is 57.6 Å². The van der Waals surface area contributed by atoms with Crippen molar-refractivity contribution in [3.8, 4) is 0 Å². The molecule has 116 valence electrons. The predicted octanol–water partition coefficient (Wildman–Crippen LogP) is 3.95. The average Bonchev–Trinajstić information content (AvgIpc) is 2.54. The Labute approximate surface area is 128 Å². The fourth-order valence-corrected chi connectivity index (χ4v) is 2.88. The quantitative estimate of drug-likeness (QED) is 0.743. The Morgan fingerprint density at radius 2 is 1.86 bits per heavy atom. The van der Waals surface area contributed by atoms with E-state index < -0.39 is 0 Å². The van der Waals surface area contributed by atoms with Crippen LogP contribution in [0.3, 0.4) is 0 Å². The first-order valence-corrected chi connectivity index (χ1v) is 8.19. The minimum atomic E-state index is -0.0798. The molecule has 3 nitrogen and oxygen atoms in total. The van der Waals surface area contributed by atoms with Gasteiger partial charge in [-0.3, -0.25) is 9.69 Å². The van der Waals surface area contributed by atoms with Crippen LogP contribution in [0.4, 0.5) is 0 Å². The van der Waals surface area contributed by atoms with Gasteiger partial charge in [0.1, 0.15) is 0 Å². The largest absolute Gasteiger partial charge is 0.463 e. The van der Waals surface area contributed by atoms with Gasteiger partial charge in [-0.05, 0) is 44.8 Å². The van der Waals surface area contributed by atoms with Gasteiger partial charge in [-0.15, -0.1) is 0 Å². The number of benzene rings is 1. The Morgan fingerprint density at radius 1 is 1.19 bits per heavy atom. The van der Waals surface area contributed by atoms with Crippen LogP contribution < -0.4 is 0 Å². The molecule has 0 aromatic heterocycles. The minimum Gasteiger partial charge on any atom is -0.463 e. The summed E-state index contributed by atoms with van der Waals surface area (Å²) in [6, 6.07) is 10.5. The summed E-state index contributed by atoms with van der Waals surface area (Å²) in [6.45, 7) is 6.15. The second kappa shape index (κ2) is 8.18. The molecule has 2 rings (SSSR count). The average molecular weight is 289 g/mol. The zero-order valence-corrected chi connectivity index (χ0v) is 13.3. The van der Waals surface area contributed by atoms with E-state index in [0.717, 1.165) is 19.5 Å². The molecule has 0 amide bonds. The van der Waals surface area contributed by atoms with Gasteiger partial charge in [0.2, 0.25) is 0 Å². The first kappa shape index (κ1) is 16.0. The molecule has 0 spiro atoms. The molecule has 1 heterocycles. The summed E-state index contributed by atoms with van der Waals surface area (Å²) >= 11 is 0. The van der Waals surface area contributed by atoms with E-state index in [1.807, 2.05) is 32.0 Å². The fraction of sp³-hybridized carbons (Fsp3) is 0.611. The summed E-state index contributed by atoms with van der Waals surface area (Å²) in [5.74, 6) is -0.0798. The standard InChI is InChI=1S/C18H27NO2/c1-3-15(2)21-18(20)14-17(16-10-6-4-7-11-16)19-12-8-5-9-13-19/h4,6-7,10-11,15,17H,3,5,8-9,12-14H2,1-2H3/t15-,17-/m0/s1. The maximum Gasteiger partial charge on any atom is 0.307 e. The lowest BCUT2D eigenvalue weighted by Gasteiger charge is -2.34. The van der Waals surface area contributed by atoms with Gasteiger partial charge in [-0.2, -0.15) is 0 Å². The van der Waals surface area contributed by atoms with Crippen LogP contribution in [0.5, 0.6) is 0 Å². The van der Waals surface area contributed by atoms with Gasteiger partial charge >= 0.3 is 5.97 Å². The smallest absolute Gasteiger partial charge is 0.307 e. The summed E-state index contributed by atoms with van der Waals surface area (Å²) in [7, 11) is 0. The van der Waals surface area contributed by atoms with Crippen LogP contribution in [0.15, 0.2) is 30.3 Å². The highest BCUT2D eigenvalue weighted by atomic mass is 16.5. The van der Waals surface area contributed by atoms with Crippen molar-refractivity contribution in [3.05, 3.63) is 35.9 Å². The molecule has 0 saturated carbocycles. The summed E-state index contributed by atoms with van der Waals surface area (Å²) in [5.41, 5.74) is 1.22. The molecule has 1 aliphatic rings. The van der Waals surface area contributed by atoms with E-state index in [0.29, 0.717) is 6.42 Å². The van der Waals surface area contributed by atoms with Gasteiger partial charge < -0.3 is 4.74 Å². The lowest BCUT2D eigenvalue weighted by Crippen LogP contribution is -2.35. The highest BCUT2D eigenvalue weighted by Crippen LogP contribution is 2.28. The molecule has 0 aliphatic carbocycles. The number of piperidine rings is 1. The molecule has 0 radical (unpaired) electrons. The monoisotopic (exact) mass is 289 g/mol. The topological polar surface area (TPSA) is 29.5 Å². The van der Waals surface area contributed by atoms with Crippen LogP contribution in [0.2, 0.25) is 0 Å². The van der Waals surface area contributed by atoms with Crippen LogP contribution >= 0.6 is 0 Å². The highest BCUT2D eigenvalue weighted by Gasteiger charge is 2.25. The molecule has 2 atom stereocenters. The Hall–Kier alpha value is -1.35. The molecular weight excluding hydrogens is 262 g/mol. The van der Waals surface area contributed by atoms with Crippen molar-refractivity contribution in [2.75, 3.05) is 13.1 Å². The third kappa shape index (κ3) is 4.85. The number of likely N-dealkylation sites (tertiary alicyclic amines) is 1. The lowest BCUT2D eigenvalue weighted by molar-refractivity contribution is -0.150. The van der Waals surface area contributed by atoms with Gasteiger partial charge in [0.05, 0.1) is 12.5 Å². The van der Waals surface area contributed by atoms with Crippen LogP contribution in [0, 0.1) is 0 Å². The van der Waals surface area contributed by atoms with Crippen LogP contribution in [-0.4, -0.2) is 30.1 Å². The molecule has 1 saturated heterocycles. The molecule has 1 aliphatic heterocycles. The number of nitrogens with zero attached hydrogens (tertiary/aromatic N) is 1. The maximum absolute atomic E-state index is 12.2. The second-order valence-electron chi connectivity index (χ2n) is 5.94. The number of rotatable bonds is 6. The molecule has 1 aromatic carbocycles. The van der Waals surface area contributed by atoms with Gasteiger partial charge in [-0.1, -0.05) is 43.7 Å². The summed E-state index contributed by atoms with van der Waals surface area (Å²) in [5, 5.41) is 0. The number of hydrogen-bond donors (Lipinski definition) is 0. The third-order valence-corrected chi connectivity index (χ3v) is 4.28. The number of hydrogen-bond acceptors (Lipinski definition) is 3. The lowest BCUT2D eigenvalue weighted by atomic mass is 9.99. The van der Waals surface area contributed by atoms with Crippen LogP contribution in [0.25, 0.3) is 0 Å². The molecule has 3 heteroatoms. The van der Waals surface area contributed by atoms with Gasteiger partial charge in [-0.25, -0.2) is 0 Å². The molecule has 1 aromatic rings. The summed E-state index contributed by atoms with van der Waals surface area (Å²) in [4.78, 5) is 14.6. The van der Waals surface area contributed by atoms with Crippen molar-refractivity contribution in [2.24, 2.45) is 0 Å². The van der Waals surface area contributed by atoms with Gasteiger partial charge in [0, 0.05) is 6.04 Å². The number of carbonyl (C=O) groups excluding carboxylic acids is 1. The predicted molar refractivity (Wildman–Crippen MR) is 85.1 cm³/mol. The van der Waals surface area contributed by atoms with Crippen molar-refractivity contribution < 1.29 is 9.53 Å². The van der Waals surface area contributed by atoms with Crippen molar-refractivity contribution in [1.82, 2.24) is 4.90 Å². The maximum atomic E-state index is 12.2. The van der Waals surface area contributed by atoms with E-state index in [2.05, 4.69) is 17.0 Å². The molecule has 0 N–H and O–H groups in total. The van der Waals surface area contributed by atoms with Gasteiger partial charge in [0.15, 0.2) is 0 Å². The number of esters is 1. The third-order valence-electron chi connectivity index (χ3n) is 4.28. The second-order valence-corrected chi connectivity index (χ2v) is 5.94.